The SMILES string of the molecule is COC(=C(/C)c1cc(OC)cc(OC)c1)/C(=C\C1C=CC=CC1=C=O)C(=O)NN1CCN(C)CC1.Cl. The summed E-state index contributed by atoms with van der Waals surface area (Å²) >= 11 is 0. The summed E-state index contributed by atoms with van der Waals surface area (Å²) < 4.78 is 16.6. The standard InChI is InChI=1S/C27H33N3O5.ClH/c1-19(22-14-23(33-3)17-24(15-22)34-4)26(35-5)25(16-20-8-6-7-9-21(20)18-31)27(32)28-30-12-10-29(2)11-13-30;/h6-9,14-17,20H,10-13H2,1-5H3,(H,28,32);1H/b25-16+,26-19-;. The van der Waals surface area contributed by atoms with E-state index in [1.807, 2.05) is 42.2 Å². The van der Waals surface area contributed by atoms with Crippen LogP contribution in [0.25, 0.3) is 5.57 Å². The van der Waals surface area contributed by atoms with E-state index in [0.29, 0.717) is 41.5 Å². The molecule has 1 aliphatic heterocycles. The third-order valence-electron chi connectivity index (χ3n) is 6.11. The minimum atomic E-state index is -0.413. The van der Waals surface area contributed by atoms with Gasteiger partial charge in [-0.3, -0.25) is 10.2 Å². The van der Waals surface area contributed by atoms with Gasteiger partial charge in [0.05, 0.1) is 26.9 Å². The Balaban J connectivity index is 0.00000456. The summed E-state index contributed by atoms with van der Waals surface area (Å²) in [7, 11) is 6.75. The number of ether oxygens (including phenoxy) is 3. The van der Waals surface area contributed by atoms with Crippen molar-refractivity contribution in [3.8, 4) is 11.5 Å². The number of hydrogen-bond acceptors (Lipinski definition) is 7. The van der Waals surface area contributed by atoms with Crippen LogP contribution in [0.5, 0.6) is 11.5 Å². The zero-order valence-electron chi connectivity index (χ0n) is 21.4. The molecule has 36 heavy (non-hydrogen) atoms. The van der Waals surface area contributed by atoms with Crippen LogP contribution < -0.4 is 14.9 Å². The second-order valence-corrected chi connectivity index (χ2v) is 8.40. The zero-order valence-corrected chi connectivity index (χ0v) is 22.2. The number of methoxy groups -OCH3 is 3. The molecule has 1 N–H and O–H groups in total. The molecule has 1 aromatic carbocycles. The Morgan fingerprint density at radius 2 is 1.69 bits per heavy atom. The Kier molecular flexibility index (Phi) is 11.0. The number of nitrogens with one attached hydrogen (secondary N) is 1. The van der Waals surface area contributed by atoms with Crippen LogP contribution in [0.1, 0.15) is 12.5 Å². The molecule has 0 bridgehead atoms. The summed E-state index contributed by atoms with van der Waals surface area (Å²) in [4.78, 5) is 27.3. The maximum Gasteiger partial charge on any atom is 0.269 e. The number of carbonyl (C=O) groups is 1. The fourth-order valence-electron chi connectivity index (χ4n) is 3.98. The Morgan fingerprint density at radius 3 is 2.25 bits per heavy atom. The zero-order chi connectivity index (χ0) is 25.4. The van der Waals surface area contributed by atoms with Crippen LogP contribution in [0.3, 0.4) is 0 Å². The predicted octanol–water partition coefficient (Wildman–Crippen LogP) is 3.21. The van der Waals surface area contributed by atoms with E-state index in [0.717, 1.165) is 24.2 Å². The number of allylic oxidation sites excluding steroid dienone is 7. The number of halogens is 1. The Morgan fingerprint density at radius 1 is 1.06 bits per heavy atom. The van der Waals surface area contributed by atoms with E-state index in [-0.39, 0.29) is 18.3 Å². The van der Waals surface area contributed by atoms with E-state index in [4.69, 9.17) is 14.2 Å². The first-order chi connectivity index (χ1) is 16.9. The maximum absolute atomic E-state index is 13.6. The molecule has 1 heterocycles. The molecule has 8 nitrogen and oxygen atoms in total. The quantitative estimate of drug-likeness (QED) is 0.246. The molecular weight excluding hydrogens is 482 g/mol. The molecule has 2 aliphatic rings. The largest absolute Gasteiger partial charge is 0.497 e. The lowest BCUT2D eigenvalue weighted by molar-refractivity contribution is -0.123. The molecular formula is C27H34ClN3O5. The fraction of sp³-hybridized carbons (Fsp3) is 0.370. The number of likely N-dealkylation sites (N-methyl/N-ethyl adjacent to an activating group) is 1. The molecule has 1 fully saturated rings. The van der Waals surface area contributed by atoms with Crippen LogP contribution in [0.2, 0.25) is 0 Å². The molecule has 0 saturated carbocycles. The van der Waals surface area contributed by atoms with Gasteiger partial charge in [-0.25, -0.2) is 9.80 Å². The third kappa shape index (κ3) is 7.12. The predicted molar refractivity (Wildman–Crippen MR) is 143 cm³/mol. The van der Waals surface area contributed by atoms with Crippen LogP contribution >= 0.6 is 12.4 Å². The average Bonchev–Trinajstić information content (AvgIpc) is 2.89. The smallest absolute Gasteiger partial charge is 0.269 e. The first-order valence-electron chi connectivity index (χ1n) is 11.4. The Hall–Kier alpha value is -3.29. The monoisotopic (exact) mass is 515 g/mol. The van der Waals surface area contributed by atoms with Gasteiger partial charge in [0.15, 0.2) is 0 Å². The van der Waals surface area contributed by atoms with Crippen LogP contribution in [0, 0.1) is 5.92 Å². The van der Waals surface area contributed by atoms with Gasteiger partial charge in [0, 0.05) is 43.7 Å². The number of hydrogen-bond donors (Lipinski definition) is 1. The highest BCUT2D eigenvalue weighted by molar-refractivity contribution is 5.99. The van der Waals surface area contributed by atoms with Gasteiger partial charge in [-0.1, -0.05) is 24.3 Å². The van der Waals surface area contributed by atoms with Crippen LogP contribution in [-0.4, -0.2) is 76.3 Å². The van der Waals surface area contributed by atoms with Crippen molar-refractivity contribution in [1.29, 1.82) is 0 Å². The number of benzene rings is 1. The van der Waals surface area contributed by atoms with Gasteiger partial charge in [-0.05, 0) is 43.3 Å². The number of amides is 1. The number of nitrogens with zero attached hydrogens (tertiary/aromatic N) is 2. The minimum absolute atomic E-state index is 0. The van der Waals surface area contributed by atoms with E-state index >= 15 is 0 Å². The molecule has 1 saturated heterocycles. The van der Waals surface area contributed by atoms with E-state index < -0.39 is 5.92 Å². The van der Waals surface area contributed by atoms with Crippen molar-refractivity contribution in [3.63, 3.8) is 0 Å². The maximum atomic E-state index is 13.6. The number of rotatable bonds is 8. The molecule has 194 valence electrons. The van der Waals surface area contributed by atoms with Crippen molar-refractivity contribution >= 4 is 29.8 Å². The van der Waals surface area contributed by atoms with E-state index in [9.17, 15) is 9.59 Å². The molecule has 1 aromatic rings. The fourth-order valence-corrected chi connectivity index (χ4v) is 3.98. The molecule has 0 spiro atoms. The highest BCUT2D eigenvalue weighted by Crippen LogP contribution is 2.32. The van der Waals surface area contributed by atoms with Crippen molar-refractivity contribution in [2.75, 3.05) is 54.6 Å². The summed E-state index contributed by atoms with van der Waals surface area (Å²) in [6, 6.07) is 5.49. The summed E-state index contributed by atoms with van der Waals surface area (Å²) in [5, 5.41) is 1.90. The van der Waals surface area contributed by atoms with Crippen LogP contribution in [-0.2, 0) is 14.3 Å². The van der Waals surface area contributed by atoms with Crippen molar-refractivity contribution in [3.05, 3.63) is 71.0 Å². The van der Waals surface area contributed by atoms with Gasteiger partial charge < -0.3 is 19.1 Å². The summed E-state index contributed by atoms with van der Waals surface area (Å²) in [6.45, 7) is 4.99. The number of carbonyl (C=O) groups excluding carboxylic acids is 2. The topological polar surface area (TPSA) is 80.3 Å². The van der Waals surface area contributed by atoms with Crippen molar-refractivity contribution in [2.45, 2.75) is 6.92 Å². The number of piperazine rings is 1. The van der Waals surface area contributed by atoms with E-state index in [1.54, 1.807) is 38.5 Å². The Labute approximate surface area is 218 Å². The highest BCUT2D eigenvalue weighted by atomic mass is 35.5. The molecule has 0 aromatic heterocycles. The van der Waals surface area contributed by atoms with Gasteiger partial charge in [0.1, 0.15) is 23.2 Å². The summed E-state index contributed by atoms with van der Waals surface area (Å²) in [5.41, 5.74) is 5.27. The van der Waals surface area contributed by atoms with Gasteiger partial charge in [-0.15, -0.1) is 12.4 Å². The van der Waals surface area contributed by atoms with Crippen molar-refractivity contribution < 1.29 is 23.8 Å². The second kappa shape index (κ2) is 13.7. The normalized spacial score (nSPS) is 19.1. The van der Waals surface area contributed by atoms with E-state index in [1.165, 1.54) is 7.11 Å². The van der Waals surface area contributed by atoms with Gasteiger partial charge in [0.25, 0.3) is 5.91 Å². The highest BCUT2D eigenvalue weighted by Gasteiger charge is 2.25. The van der Waals surface area contributed by atoms with Gasteiger partial charge in [-0.2, -0.15) is 0 Å². The first kappa shape index (κ1) is 28.9. The lowest BCUT2D eigenvalue weighted by Crippen LogP contribution is -2.53. The Bertz CT molecular complexity index is 1090. The van der Waals surface area contributed by atoms with Crippen LogP contribution in [0.15, 0.2) is 65.5 Å². The van der Waals surface area contributed by atoms with Gasteiger partial charge in [0.2, 0.25) is 0 Å². The molecule has 3 rings (SSSR count). The summed E-state index contributed by atoms with van der Waals surface area (Å²) in [6.07, 6.45) is 8.90. The van der Waals surface area contributed by atoms with E-state index in [2.05, 4.69) is 17.4 Å². The lowest BCUT2D eigenvalue weighted by atomic mass is 9.91. The van der Waals surface area contributed by atoms with Crippen molar-refractivity contribution in [1.82, 2.24) is 15.3 Å². The van der Waals surface area contributed by atoms with Crippen LogP contribution in [0.4, 0.5) is 0 Å². The van der Waals surface area contributed by atoms with Gasteiger partial charge >= 0.3 is 0 Å². The molecule has 1 atom stereocenters. The number of hydrazine groups is 1. The third-order valence-corrected chi connectivity index (χ3v) is 6.11. The van der Waals surface area contributed by atoms with Crippen molar-refractivity contribution in [2.24, 2.45) is 5.92 Å². The minimum Gasteiger partial charge on any atom is -0.497 e. The molecule has 1 amide bonds. The summed E-state index contributed by atoms with van der Waals surface area (Å²) in [5.74, 6) is 2.88. The average molecular weight is 516 g/mol. The second-order valence-electron chi connectivity index (χ2n) is 8.40. The molecule has 1 unspecified atom stereocenters. The molecule has 9 heteroatoms. The molecule has 1 aliphatic carbocycles. The molecule has 0 radical (unpaired) electrons. The first-order valence-corrected chi connectivity index (χ1v) is 11.4. The lowest BCUT2D eigenvalue weighted by Gasteiger charge is -2.32.